The van der Waals surface area contributed by atoms with Crippen LogP contribution in [0.5, 0.6) is 11.6 Å². The summed E-state index contributed by atoms with van der Waals surface area (Å²) in [7, 11) is -9.59. The second kappa shape index (κ2) is 13.7. The van der Waals surface area contributed by atoms with Crippen LogP contribution < -0.4 is 8.92 Å². The van der Waals surface area contributed by atoms with Crippen LogP contribution in [0.15, 0.2) is 30.3 Å². The van der Waals surface area contributed by atoms with Gasteiger partial charge in [0.25, 0.3) is 0 Å². The average molecular weight is 767 g/mol. The van der Waals surface area contributed by atoms with E-state index in [2.05, 4.69) is 62.7 Å². The van der Waals surface area contributed by atoms with Crippen molar-refractivity contribution < 1.29 is 57.9 Å². The number of ether oxygens (including phenoxy) is 4. The second-order valence-electron chi connectivity index (χ2n) is 15.3. The Morgan fingerprint density at radius 3 is 2.18 bits per heavy atom. The van der Waals surface area contributed by atoms with E-state index in [9.17, 15) is 21.6 Å². The fraction of sp³-hybridized carbons (Fsp3) is 0.594. The van der Waals surface area contributed by atoms with E-state index in [0.29, 0.717) is 19.3 Å². The number of fused-ring (bicyclic) bond motifs is 2. The summed E-state index contributed by atoms with van der Waals surface area (Å²) in [5.74, 6) is -2.86. The van der Waals surface area contributed by atoms with Crippen LogP contribution in [0.2, 0.25) is 43.8 Å². The Morgan fingerprint density at radius 1 is 0.940 bits per heavy atom. The van der Waals surface area contributed by atoms with Gasteiger partial charge >= 0.3 is 15.6 Å². The Bertz CT molecular complexity index is 1830. The smallest absolute Gasteiger partial charge is 0.470 e. The maximum Gasteiger partial charge on any atom is 0.534 e. The van der Waals surface area contributed by atoms with Crippen LogP contribution in [-0.2, 0) is 35.5 Å². The van der Waals surface area contributed by atoms with E-state index < -0.39 is 72.9 Å². The molecule has 1 aromatic carbocycles. The number of alkyl halides is 3. The number of halogens is 5. The topological polar surface area (TPSA) is 107 Å². The quantitative estimate of drug-likeness (QED) is 0.0611. The van der Waals surface area contributed by atoms with Crippen LogP contribution in [0.3, 0.4) is 0 Å². The minimum absolute atomic E-state index is 0.00249. The normalized spacial score (nSPS) is 21.9. The van der Waals surface area contributed by atoms with E-state index in [1.54, 1.807) is 10.6 Å². The molecule has 10 nitrogen and oxygen atoms in total. The van der Waals surface area contributed by atoms with Crippen molar-refractivity contribution in [3.05, 3.63) is 42.0 Å². The van der Waals surface area contributed by atoms with Gasteiger partial charge in [-0.25, -0.2) is 13.8 Å². The summed E-state index contributed by atoms with van der Waals surface area (Å²) in [6.45, 7) is 18.4. The molecule has 4 heterocycles. The van der Waals surface area contributed by atoms with Crippen molar-refractivity contribution in [3.63, 3.8) is 0 Å². The van der Waals surface area contributed by atoms with Crippen molar-refractivity contribution in [1.82, 2.24) is 9.55 Å². The third-order valence-electron chi connectivity index (χ3n) is 9.19. The van der Waals surface area contributed by atoms with E-state index >= 15 is 8.78 Å². The zero-order valence-corrected chi connectivity index (χ0v) is 32.0. The molecule has 5 rings (SSSR count). The lowest BCUT2D eigenvalue weighted by atomic mass is 10.1. The van der Waals surface area contributed by atoms with Gasteiger partial charge in [-0.1, -0.05) is 40.4 Å². The van der Waals surface area contributed by atoms with Crippen molar-refractivity contribution in [2.24, 2.45) is 0 Å². The Hall–Kier alpha value is -2.62. The number of hydrogen-bond acceptors (Lipinski definition) is 9. The summed E-state index contributed by atoms with van der Waals surface area (Å²) in [5.41, 5.74) is -6.11. The fourth-order valence-corrected chi connectivity index (χ4v) is 7.86. The largest absolute Gasteiger partial charge is 0.534 e. The lowest BCUT2D eigenvalue weighted by Gasteiger charge is -2.39. The molecule has 0 unspecified atom stereocenters. The zero-order valence-electron chi connectivity index (χ0n) is 29.2. The molecule has 18 heteroatoms. The van der Waals surface area contributed by atoms with Gasteiger partial charge in [-0.2, -0.15) is 21.6 Å². The number of nitrogens with zero attached hydrogens (tertiary/aromatic N) is 2. The maximum absolute atomic E-state index is 15.6. The van der Waals surface area contributed by atoms with Crippen LogP contribution in [-0.4, -0.2) is 84.1 Å². The molecule has 2 saturated heterocycles. The highest BCUT2D eigenvalue weighted by Gasteiger charge is 2.52. The lowest BCUT2D eigenvalue weighted by Crippen LogP contribution is -2.47. The van der Waals surface area contributed by atoms with E-state index in [1.807, 2.05) is 0 Å². The van der Waals surface area contributed by atoms with E-state index in [0.717, 1.165) is 24.2 Å². The van der Waals surface area contributed by atoms with Gasteiger partial charge in [0.05, 0.1) is 30.4 Å². The molecule has 2 aliphatic rings. The molecule has 4 atom stereocenters. The van der Waals surface area contributed by atoms with Gasteiger partial charge in [-0.15, -0.1) is 0 Å². The van der Waals surface area contributed by atoms with E-state index in [4.69, 9.17) is 23.4 Å². The first-order valence-corrected chi connectivity index (χ1v) is 24.2. The summed E-state index contributed by atoms with van der Waals surface area (Å²) in [6, 6.07) is 5.64. The summed E-state index contributed by atoms with van der Waals surface area (Å²) in [5, 5.41) is -0.0103. The maximum atomic E-state index is 15.6. The highest BCUT2D eigenvalue weighted by Crippen LogP contribution is 2.41. The monoisotopic (exact) mass is 766 g/mol. The van der Waals surface area contributed by atoms with E-state index in [1.165, 1.54) is 0 Å². The number of aromatic nitrogens is 2. The predicted octanol–water partition coefficient (Wildman–Crippen LogP) is 7.46. The van der Waals surface area contributed by atoms with Gasteiger partial charge in [-0.05, 0) is 36.3 Å². The van der Waals surface area contributed by atoms with Crippen LogP contribution in [0.25, 0.3) is 22.3 Å². The van der Waals surface area contributed by atoms with Crippen molar-refractivity contribution in [2.45, 2.75) is 101 Å². The van der Waals surface area contributed by atoms with Crippen molar-refractivity contribution in [2.75, 3.05) is 19.8 Å². The third-order valence-corrected chi connectivity index (χ3v) is 16.4. The highest BCUT2D eigenvalue weighted by molar-refractivity contribution is 7.88. The second-order valence-corrected chi connectivity index (χ2v) is 27.2. The molecule has 0 radical (unpaired) electrons. The standard InChI is InChI=1S/C32H43F5N2O8SSi2/c1-31(2,3)50(7,8)47-26-17-44-29-25(16-43-30(26)29)45-27-15-23-24(39(27)18-42-11-12-49(4,5)6)14-22(34)28(38-23)20-10-9-19(13-21(20)33)46-48(40,41)32(35,36)37/h9-10,13-15,25-26,29-30H,11-12,16-18H2,1-8H3/t25-,26-,29-,30-/m1/s1. The summed E-state index contributed by atoms with van der Waals surface area (Å²) >= 11 is 0. The minimum atomic E-state index is -6.04. The zero-order chi connectivity index (χ0) is 37.0. The molecule has 0 aliphatic carbocycles. The van der Waals surface area contributed by atoms with Gasteiger partial charge in [0.2, 0.25) is 0 Å². The van der Waals surface area contributed by atoms with Gasteiger partial charge in [0.1, 0.15) is 36.2 Å². The molecule has 0 N–H and O–H groups in total. The molecule has 278 valence electrons. The first-order chi connectivity index (χ1) is 23.0. The number of hydrogen-bond donors (Lipinski definition) is 0. The number of rotatable bonds is 12. The van der Waals surface area contributed by atoms with Crippen molar-refractivity contribution >= 4 is 37.5 Å². The van der Waals surface area contributed by atoms with Crippen molar-refractivity contribution in [3.8, 4) is 22.9 Å². The molecule has 50 heavy (non-hydrogen) atoms. The summed E-state index contributed by atoms with van der Waals surface area (Å²) in [6.07, 6.45) is -1.58. The molecular formula is C32H43F5N2O8SSi2. The first-order valence-electron chi connectivity index (χ1n) is 16.1. The average Bonchev–Trinajstić information content (AvgIpc) is 3.64. The molecule has 0 saturated carbocycles. The Labute approximate surface area is 290 Å². The molecule has 0 amide bonds. The molecule has 3 aromatic rings. The fourth-order valence-electron chi connectivity index (χ4n) is 5.34. The molecule has 2 aliphatic heterocycles. The van der Waals surface area contributed by atoms with Gasteiger partial charge < -0.3 is 27.6 Å². The van der Waals surface area contributed by atoms with Gasteiger partial charge in [-0.3, -0.25) is 4.57 Å². The Morgan fingerprint density at radius 2 is 1.58 bits per heavy atom. The van der Waals surface area contributed by atoms with Crippen molar-refractivity contribution in [1.29, 1.82) is 0 Å². The molecule has 0 bridgehead atoms. The highest BCUT2D eigenvalue weighted by atomic mass is 32.2. The molecular weight excluding hydrogens is 724 g/mol. The van der Waals surface area contributed by atoms with Crippen LogP contribution in [0.4, 0.5) is 22.0 Å². The summed E-state index contributed by atoms with van der Waals surface area (Å²) < 4.78 is 129. The Balaban J connectivity index is 1.43. The van der Waals surface area contributed by atoms with Gasteiger partial charge in [0, 0.05) is 38.4 Å². The molecule has 2 fully saturated rings. The lowest BCUT2D eigenvalue weighted by molar-refractivity contribution is -0.0500. The Kier molecular flexibility index (Phi) is 10.6. The molecule has 2 aromatic heterocycles. The van der Waals surface area contributed by atoms with Crippen LogP contribution >= 0.6 is 0 Å². The number of pyridine rings is 1. The third kappa shape index (κ3) is 8.21. The predicted molar refractivity (Wildman–Crippen MR) is 181 cm³/mol. The SMILES string of the molecule is CC(C)(C)[Si](C)(C)O[C@@H]1CO[C@H]2[C@@H]1OC[C@H]2Oc1cc2nc(-c3ccc(OS(=O)(=O)C(F)(F)F)cc3F)c(F)cc2n1COCC[Si](C)(C)C. The van der Waals surface area contributed by atoms with Crippen LogP contribution in [0, 0.1) is 11.6 Å². The van der Waals surface area contributed by atoms with E-state index in [-0.39, 0.29) is 47.5 Å². The first kappa shape index (κ1) is 38.6. The van der Waals surface area contributed by atoms with Crippen LogP contribution in [0.1, 0.15) is 20.8 Å². The minimum Gasteiger partial charge on any atom is -0.470 e. The molecule has 0 spiro atoms. The number of benzene rings is 1. The van der Waals surface area contributed by atoms with Gasteiger partial charge in [0.15, 0.2) is 26.1 Å². The summed E-state index contributed by atoms with van der Waals surface area (Å²) in [4.78, 5) is 4.33.